The highest BCUT2D eigenvalue weighted by atomic mass is 19.3. The van der Waals surface area contributed by atoms with Crippen LogP contribution in [0.3, 0.4) is 0 Å². The van der Waals surface area contributed by atoms with E-state index in [2.05, 4.69) is 0 Å². The van der Waals surface area contributed by atoms with E-state index in [0.717, 1.165) is 0 Å². The van der Waals surface area contributed by atoms with Crippen LogP contribution in [0, 0.1) is 5.92 Å². The zero-order valence-corrected chi connectivity index (χ0v) is 7.66. The molecule has 0 radical (unpaired) electrons. The fourth-order valence-electron chi connectivity index (χ4n) is 0.991. The van der Waals surface area contributed by atoms with Crippen molar-refractivity contribution in [2.45, 2.75) is 52.4 Å². The minimum atomic E-state index is -2.42. The molecule has 0 heterocycles. The van der Waals surface area contributed by atoms with Gasteiger partial charge in [0.05, 0.1) is 0 Å². The third kappa shape index (κ3) is 6.27. The molecule has 0 aliphatic heterocycles. The van der Waals surface area contributed by atoms with E-state index in [1.54, 1.807) is 6.92 Å². The summed E-state index contributed by atoms with van der Waals surface area (Å²) in [5, 5.41) is 0. The van der Waals surface area contributed by atoms with Crippen molar-refractivity contribution in [2.75, 3.05) is 0 Å². The molecule has 0 atom stereocenters. The predicted octanol–water partition coefficient (Wildman–Crippen LogP) is 3.86. The molecule has 0 saturated heterocycles. The molecule has 0 aromatic rings. The summed E-state index contributed by atoms with van der Waals surface area (Å²) in [5.41, 5.74) is 0. The van der Waals surface area contributed by atoms with Crippen LogP contribution in [0.5, 0.6) is 0 Å². The van der Waals surface area contributed by atoms with Crippen LogP contribution in [0.1, 0.15) is 46.5 Å². The van der Waals surface area contributed by atoms with Gasteiger partial charge in [0.25, 0.3) is 0 Å². The topological polar surface area (TPSA) is 0 Å². The van der Waals surface area contributed by atoms with Gasteiger partial charge in [0.15, 0.2) is 0 Å². The summed E-state index contributed by atoms with van der Waals surface area (Å²) in [7, 11) is 0. The van der Waals surface area contributed by atoms with E-state index in [0.29, 0.717) is 18.8 Å². The molecular weight excluding hydrogens is 146 g/mol. The van der Waals surface area contributed by atoms with Gasteiger partial charge < -0.3 is 0 Å². The van der Waals surface area contributed by atoms with Gasteiger partial charge in [0.1, 0.15) is 0 Å². The van der Waals surface area contributed by atoms with Crippen molar-refractivity contribution in [2.24, 2.45) is 5.92 Å². The van der Waals surface area contributed by atoms with Crippen LogP contribution in [0.15, 0.2) is 0 Å². The lowest BCUT2D eigenvalue weighted by Gasteiger charge is -2.15. The highest BCUT2D eigenvalue weighted by Gasteiger charge is 2.26. The second kappa shape index (κ2) is 4.68. The summed E-state index contributed by atoms with van der Waals surface area (Å²) in [6.07, 6.45) is 1.30. The zero-order valence-electron chi connectivity index (χ0n) is 7.66. The Morgan fingerprint density at radius 3 is 2.09 bits per heavy atom. The Labute approximate surface area is 68.0 Å². The minimum absolute atomic E-state index is 0.0414. The molecule has 0 bridgehead atoms. The van der Waals surface area contributed by atoms with Crippen molar-refractivity contribution in [1.82, 2.24) is 0 Å². The largest absolute Gasteiger partial charge is 0.248 e. The summed E-state index contributed by atoms with van der Waals surface area (Å²) < 4.78 is 25.6. The maximum absolute atomic E-state index is 12.8. The molecule has 0 saturated carbocycles. The minimum Gasteiger partial charge on any atom is -0.207 e. The van der Waals surface area contributed by atoms with Crippen molar-refractivity contribution < 1.29 is 8.78 Å². The van der Waals surface area contributed by atoms with Crippen LogP contribution < -0.4 is 0 Å². The van der Waals surface area contributed by atoms with Crippen LogP contribution in [0.25, 0.3) is 0 Å². The van der Waals surface area contributed by atoms with Crippen molar-refractivity contribution in [3.63, 3.8) is 0 Å². The van der Waals surface area contributed by atoms with Crippen molar-refractivity contribution in [3.05, 3.63) is 0 Å². The first-order chi connectivity index (χ1) is 4.98. The molecule has 0 unspecified atom stereocenters. The lowest BCUT2D eigenvalue weighted by atomic mass is 10.0. The average Bonchev–Trinajstić information content (AvgIpc) is 1.84. The van der Waals surface area contributed by atoms with E-state index in [-0.39, 0.29) is 12.8 Å². The van der Waals surface area contributed by atoms with Gasteiger partial charge in [0.2, 0.25) is 5.92 Å². The Morgan fingerprint density at radius 2 is 1.73 bits per heavy atom. The number of rotatable bonds is 5. The van der Waals surface area contributed by atoms with Crippen LogP contribution in [0.2, 0.25) is 0 Å². The lowest BCUT2D eigenvalue weighted by molar-refractivity contribution is -0.0212. The van der Waals surface area contributed by atoms with Gasteiger partial charge in [-0.15, -0.1) is 0 Å². The quantitative estimate of drug-likeness (QED) is 0.578. The molecule has 0 aromatic carbocycles. The predicted molar refractivity (Wildman–Crippen MR) is 43.9 cm³/mol. The number of halogens is 2. The van der Waals surface area contributed by atoms with Crippen LogP contribution in [-0.2, 0) is 0 Å². The summed E-state index contributed by atoms with van der Waals surface area (Å²) in [4.78, 5) is 0. The van der Waals surface area contributed by atoms with E-state index in [4.69, 9.17) is 0 Å². The van der Waals surface area contributed by atoms with Gasteiger partial charge >= 0.3 is 0 Å². The fourth-order valence-corrected chi connectivity index (χ4v) is 0.991. The molecule has 2 heteroatoms. The molecule has 0 spiro atoms. The van der Waals surface area contributed by atoms with Crippen LogP contribution in [0.4, 0.5) is 8.78 Å². The number of hydrogen-bond donors (Lipinski definition) is 0. The van der Waals surface area contributed by atoms with E-state index in [1.807, 2.05) is 13.8 Å². The average molecular weight is 164 g/mol. The van der Waals surface area contributed by atoms with E-state index in [9.17, 15) is 8.78 Å². The molecule has 0 nitrogen and oxygen atoms in total. The molecule has 0 rings (SSSR count). The molecule has 68 valence electrons. The third-order valence-electron chi connectivity index (χ3n) is 1.70. The summed E-state index contributed by atoms with van der Waals surface area (Å²) in [6, 6.07) is 0. The van der Waals surface area contributed by atoms with Crippen molar-refractivity contribution in [1.29, 1.82) is 0 Å². The first-order valence-corrected chi connectivity index (χ1v) is 4.36. The Balaban J connectivity index is 3.54. The monoisotopic (exact) mass is 164 g/mol. The van der Waals surface area contributed by atoms with Crippen molar-refractivity contribution in [3.8, 4) is 0 Å². The van der Waals surface area contributed by atoms with Gasteiger partial charge in [-0.1, -0.05) is 27.2 Å². The van der Waals surface area contributed by atoms with Crippen LogP contribution in [-0.4, -0.2) is 5.92 Å². The smallest absolute Gasteiger partial charge is 0.207 e. The first-order valence-electron chi connectivity index (χ1n) is 4.36. The Hall–Kier alpha value is -0.140. The van der Waals surface area contributed by atoms with Gasteiger partial charge in [-0.25, -0.2) is 8.78 Å². The summed E-state index contributed by atoms with van der Waals surface area (Å²) in [5.74, 6) is -2.03. The van der Waals surface area contributed by atoms with E-state index < -0.39 is 5.92 Å². The summed E-state index contributed by atoms with van der Waals surface area (Å²) in [6.45, 7) is 5.74. The standard InChI is InChI=1S/C9H18F2/c1-4-6-9(10,11)7-5-8(2)3/h8H,4-7H2,1-3H3. The number of hydrogen-bond acceptors (Lipinski definition) is 0. The highest BCUT2D eigenvalue weighted by molar-refractivity contribution is 4.65. The van der Waals surface area contributed by atoms with E-state index >= 15 is 0 Å². The molecule has 0 amide bonds. The number of alkyl halides is 2. The molecular formula is C9H18F2. The van der Waals surface area contributed by atoms with Gasteiger partial charge in [-0.3, -0.25) is 0 Å². The summed E-state index contributed by atoms with van der Waals surface area (Å²) >= 11 is 0. The Kier molecular flexibility index (Phi) is 4.62. The fraction of sp³-hybridized carbons (Fsp3) is 1.00. The molecule has 0 aliphatic rings. The van der Waals surface area contributed by atoms with E-state index in [1.165, 1.54) is 0 Å². The first kappa shape index (κ1) is 10.9. The molecule has 0 aromatic heterocycles. The molecule has 11 heavy (non-hydrogen) atoms. The lowest BCUT2D eigenvalue weighted by Crippen LogP contribution is -2.16. The maximum atomic E-state index is 12.8. The van der Waals surface area contributed by atoms with Crippen LogP contribution >= 0.6 is 0 Å². The Bertz CT molecular complexity index is 97.7. The molecule has 0 aliphatic carbocycles. The van der Waals surface area contributed by atoms with Crippen molar-refractivity contribution >= 4 is 0 Å². The normalized spacial score (nSPS) is 12.5. The maximum Gasteiger partial charge on any atom is 0.248 e. The molecule has 0 fully saturated rings. The molecule has 0 N–H and O–H groups in total. The SMILES string of the molecule is CCCC(F)(F)CCC(C)C. The van der Waals surface area contributed by atoms with Gasteiger partial charge in [-0.05, 0) is 12.3 Å². The van der Waals surface area contributed by atoms with Gasteiger partial charge in [0, 0.05) is 12.8 Å². The third-order valence-corrected chi connectivity index (χ3v) is 1.70. The second-order valence-corrected chi connectivity index (χ2v) is 3.54. The Morgan fingerprint density at radius 1 is 1.18 bits per heavy atom. The second-order valence-electron chi connectivity index (χ2n) is 3.54. The zero-order chi connectivity index (χ0) is 8.91. The van der Waals surface area contributed by atoms with Gasteiger partial charge in [-0.2, -0.15) is 0 Å². The highest BCUT2D eigenvalue weighted by Crippen LogP contribution is 2.27.